The van der Waals surface area contributed by atoms with Crippen LogP contribution in [0.1, 0.15) is 15.9 Å². The van der Waals surface area contributed by atoms with Gasteiger partial charge in [-0.25, -0.2) is 8.42 Å². The molecule has 3 aromatic carbocycles. The van der Waals surface area contributed by atoms with Crippen LogP contribution in [0.5, 0.6) is 5.75 Å². The van der Waals surface area contributed by atoms with Crippen LogP contribution in [0.4, 0.5) is 11.4 Å². The Hall–Kier alpha value is -3.56. The Bertz CT molecular complexity index is 1280. The molecule has 0 saturated carbocycles. The molecule has 1 N–H and O–H groups in total. The van der Waals surface area contributed by atoms with Gasteiger partial charge in [-0.05, 0) is 61.0 Å². The summed E-state index contributed by atoms with van der Waals surface area (Å²) in [5, 5.41) is 13.6. The van der Waals surface area contributed by atoms with Crippen molar-refractivity contribution in [1.29, 1.82) is 0 Å². The number of carbonyl (C=O) groups is 2. The molecule has 0 aromatic heterocycles. The number of rotatable bonds is 8. The Morgan fingerprint density at radius 1 is 1.03 bits per heavy atom. The third kappa shape index (κ3) is 5.82. The Morgan fingerprint density at radius 2 is 1.67 bits per heavy atom. The van der Waals surface area contributed by atoms with E-state index >= 15 is 0 Å². The maximum absolute atomic E-state index is 12.8. The van der Waals surface area contributed by atoms with Gasteiger partial charge in [0.15, 0.2) is 6.61 Å². The molecule has 3 aromatic rings. The Kier molecular flexibility index (Phi) is 7.25. The zero-order chi connectivity index (χ0) is 24.2. The molecule has 0 atom stereocenters. The molecular weight excluding hydrogens is 468 g/mol. The van der Waals surface area contributed by atoms with E-state index < -0.39 is 21.9 Å². The number of anilines is 2. The number of aryl methyl sites for hydroxylation is 1. The van der Waals surface area contributed by atoms with Crippen molar-refractivity contribution in [2.45, 2.75) is 11.8 Å². The second-order valence-electron chi connectivity index (χ2n) is 7.10. The molecule has 0 radical (unpaired) electrons. The highest BCUT2D eigenvalue weighted by molar-refractivity contribution is 7.92. The zero-order valence-electron chi connectivity index (χ0n) is 17.7. The van der Waals surface area contributed by atoms with Crippen LogP contribution in [0, 0.1) is 6.92 Å². The molecule has 8 nitrogen and oxygen atoms in total. The van der Waals surface area contributed by atoms with Gasteiger partial charge < -0.3 is 20.0 Å². The van der Waals surface area contributed by atoms with E-state index in [1.807, 2.05) is 6.92 Å². The van der Waals surface area contributed by atoms with Crippen LogP contribution in [0.2, 0.25) is 5.02 Å². The summed E-state index contributed by atoms with van der Waals surface area (Å²) >= 11 is 5.98. The molecule has 10 heteroatoms. The molecule has 1 amide bonds. The molecule has 33 heavy (non-hydrogen) atoms. The van der Waals surface area contributed by atoms with Crippen molar-refractivity contribution in [3.8, 4) is 5.75 Å². The lowest BCUT2D eigenvalue weighted by molar-refractivity contribution is -0.255. The lowest BCUT2D eigenvalue weighted by atomic mass is 10.2. The average molecular weight is 488 g/mol. The average Bonchev–Trinajstić information content (AvgIpc) is 2.79. The minimum Gasteiger partial charge on any atom is -0.545 e. The third-order valence-corrected chi connectivity index (χ3v) is 6.86. The van der Waals surface area contributed by atoms with E-state index in [1.165, 1.54) is 37.4 Å². The maximum Gasteiger partial charge on any atom is 0.264 e. The Morgan fingerprint density at radius 3 is 2.27 bits per heavy atom. The highest BCUT2D eigenvalue weighted by atomic mass is 35.5. The summed E-state index contributed by atoms with van der Waals surface area (Å²) in [4.78, 5) is 23.3. The van der Waals surface area contributed by atoms with E-state index in [4.69, 9.17) is 16.3 Å². The minimum absolute atomic E-state index is 0.116. The predicted molar refractivity (Wildman–Crippen MR) is 123 cm³/mol. The highest BCUT2D eigenvalue weighted by Crippen LogP contribution is 2.25. The van der Waals surface area contributed by atoms with Crippen molar-refractivity contribution in [3.63, 3.8) is 0 Å². The van der Waals surface area contributed by atoms with Gasteiger partial charge in [0.1, 0.15) is 5.75 Å². The number of hydrogen-bond donors (Lipinski definition) is 1. The number of amides is 1. The lowest BCUT2D eigenvalue weighted by Gasteiger charge is -2.20. The first-order valence-corrected chi connectivity index (χ1v) is 11.5. The van der Waals surface area contributed by atoms with Crippen molar-refractivity contribution in [2.75, 3.05) is 23.3 Å². The number of aromatic carboxylic acids is 1. The van der Waals surface area contributed by atoms with Crippen LogP contribution in [0.15, 0.2) is 71.6 Å². The van der Waals surface area contributed by atoms with Crippen LogP contribution < -0.4 is 19.5 Å². The van der Waals surface area contributed by atoms with Gasteiger partial charge in [0, 0.05) is 7.05 Å². The van der Waals surface area contributed by atoms with Crippen LogP contribution in [0.25, 0.3) is 0 Å². The topological polar surface area (TPSA) is 116 Å². The van der Waals surface area contributed by atoms with Gasteiger partial charge >= 0.3 is 0 Å². The number of carboxylic acids is 1. The van der Waals surface area contributed by atoms with Crippen molar-refractivity contribution in [2.24, 2.45) is 0 Å². The van der Waals surface area contributed by atoms with E-state index in [2.05, 4.69) is 5.32 Å². The van der Waals surface area contributed by atoms with Crippen LogP contribution in [-0.2, 0) is 14.8 Å². The van der Waals surface area contributed by atoms with E-state index in [-0.39, 0.29) is 27.8 Å². The SMILES string of the molecule is Cc1ccc(S(=O)(=O)N(C)c2ccc(OCC(=O)Nc3cc(C(=O)[O-])ccc3Cl)cc2)cc1. The van der Waals surface area contributed by atoms with Gasteiger partial charge in [-0.15, -0.1) is 0 Å². The van der Waals surface area contributed by atoms with Crippen molar-refractivity contribution < 1.29 is 27.9 Å². The predicted octanol–water partition coefficient (Wildman–Crippen LogP) is 2.85. The summed E-state index contributed by atoms with van der Waals surface area (Å²) in [6.07, 6.45) is 0. The highest BCUT2D eigenvalue weighted by Gasteiger charge is 2.21. The van der Waals surface area contributed by atoms with Gasteiger partial charge in [0.2, 0.25) is 0 Å². The van der Waals surface area contributed by atoms with Gasteiger partial charge in [-0.2, -0.15) is 0 Å². The fourth-order valence-electron chi connectivity index (χ4n) is 2.84. The molecule has 0 unspecified atom stereocenters. The van der Waals surface area contributed by atoms with E-state index in [1.54, 1.807) is 36.4 Å². The Labute approximate surface area is 196 Å². The molecule has 0 aliphatic carbocycles. The summed E-state index contributed by atoms with van der Waals surface area (Å²) in [5.74, 6) is -1.62. The van der Waals surface area contributed by atoms with Gasteiger partial charge in [-0.1, -0.05) is 35.4 Å². The summed E-state index contributed by atoms with van der Waals surface area (Å²) in [5.41, 5.74) is 1.36. The number of hydrogen-bond acceptors (Lipinski definition) is 6. The molecule has 0 aliphatic rings. The number of carboxylic acid groups (broad SMARTS) is 1. The second-order valence-corrected chi connectivity index (χ2v) is 9.47. The van der Waals surface area contributed by atoms with Crippen LogP contribution in [-0.4, -0.2) is 33.9 Å². The number of nitrogens with one attached hydrogen (secondary N) is 1. The normalized spacial score (nSPS) is 11.0. The summed E-state index contributed by atoms with van der Waals surface area (Å²) in [6.45, 7) is 1.50. The minimum atomic E-state index is -3.73. The van der Waals surface area contributed by atoms with E-state index in [0.29, 0.717) is 11.4 Å². The lowest BCUT2D eigenvalue weighted by Crippen LogP contribution is -2.26. The van der Waals surface area contributed by atoms with Crippen molar-refractivity contribution in [1.82, 2.24) is 0 Å². The number of benzene rings is 3. The molecule has 3 rings (SSSR count). The monoisotopic (exact) mass is 487 g/mol. The number of sulfonamides is 1. The van der Waals surface area contributed by atoms with E-state index in [9.17, 15) is 23.1 Å². The second kappa shape index (κ2) is 9.93. The zero-order valence-corrected chi connectivity index (χ0v) is 19.3. The molecular formula is C23H20ClN2O6S-. The smallest absolute Gasteiger partial charge is 0.264 e. The molecule has 0 fully saturated rings. The standard InChI is InChI=1S/C23H21ClN2O6S/c1-15-3-10-19(11-4-15)33(30,31)26(2)17-6-8-18(9-7-17)32-14-22(27)25-21-13-16(23(28)29)5-12-20(21)24/h3-13H,14H2,1-2H3,(H,25,27)(H,28,29)/p-1. The molecule has 0 saturated heterocycles. The largest absolute Gasteiger partial charge is 0.545 e. The van der Waals surface area contributed by atoms with Gasteiger partial charge in [-0.3, -0.25) is 9.10 Å². The first-order chi connectivity index (χ1) is 15.6. The first kappa shape index (κ1) is 24.1. The molecule has 0 aliphatic heterocycles. The van der Waals surface area contributed by atoms with Gasteiger partial charge in [0.05, 0.1) is 27.3 Å². The Balaban J connectivity index is 1.63. The molecule has 0 bridgehead atoms. The summed E-state index contributed by atoms with van der Waals surface area (Å²) < 4.78 is 32.2. The number of ether oxygens (including phenoxy) is 1. The number of nitrogens with zero attached hydrogens (tertiary/aromatic N) is 1. The maximum atomic E-state index is 12.8. The van der Waals surface area contributed by atoms with Crippen molar-refractivity contribution >= 4 is 44.9 Å². The summed E-state index contributed by atoms with van der Waals surface area (Å²) in [7, 11) is -2.28. The fourth-order valence-corrected chi connectivity index (χ4v) is 4.20. The van der Waals surface area contributed by atoms with Gasteiger partial charge in [0.25, 0.3) is 15.9 Å². The third-order valence-electron chi connectivity index (χ3n) is 4.73. The van der Waals surface area contributed by atoms with Crippen LogP contribution in [0.3, 0.4) is 0 Å². The number of carbonyl (C=O) groups excluding carboxylic acids is 2. The fraction of sp³-hybridized carbons (Fsp3) is 0.130. The molecule has 0 spiro atoms. The quantitative estimate of drug-likeness (QED) is 0.522. The van der Waals surface area contributed by atoms with Crippen LogP contribution >= 0.6 is 11.6 Å². The van der Waals surface area contributed by atoms with E-state index in [0.717, 1.165) is 9.87 Å². The molecule has 172 valence electrons. The summed E-state index contributed by atoms with van der Waals surface area (Å²) in [6, 6.07) is 16.5. The molecule has 0 heterocycles. The first-order valence-electron chi connectivity index (χ1n) is 9.67. The van der Waals surface area contributed by atoms with Crippen molar-refractivity contribution in [3.05, 3.63) is 82.9 Å². The number of halogens is 1.